The largest absolute Gasteiger partial charge is 0.466 e. The van der Waals surface area contributed by atoms with Gasteiger partial charge in [0.2, 0.25) is 0 Å². The molecule has 18 heavy (non-hydrogen) atoms. The van der Waals surface area contributed by atoms with E-state index in [9.17, 15) is 4.79 Å². The van der Waals surface area contributed by atoms with Gasteiger partial charge in [0, 0.05) is 16.6 Å². The highest BCUT2D eigenvalue weighted by Crippen LogP contribution is 2.40. The van der Waals surface area contributed by atoms with Crippen LogP contribution in [-0.2, 0) is 9.53 Å². The van der Waals surface area contributed by atoms with Crippen LogP contribution in [0.4, 0.5) is 0 Å². The second-order valence-electron chi connectivity index (χ2n) is 4.67. The summed E-state index contributed by atoms with van der Waals surface area (Å²) < 4.78 is 5.05. The standard InChI is InChI=1S/C15H20O2S/c1-2-17-15(16)11-12-7-6-10-14(12)18-13-8-4-3-5-9-13/h3-5,8-9,12,14H,2,6-7,10-11H2,1H3/t12-,14-/m1/s1. The molecule has 1 aromatic rings. The normalized spacial score (nSPS) is 22.9. The smallest absolute Gasteiger partial charge is 0.306 e. The van der Waals surface area contributed by atoms with Crippen molar-refractivity contribution in [1.29, 1.82) is 0 Å². The Kier molecular flexibility index (Phi) is 5.12. The van der Waals surface area contributed by atoms with Crippen LogP contribution < -0.4 is 0 Å². The Morgan fingerprint density at radius 3 is 2.83 bits per heavy atom. The summed E-state index contributed by atoms with van der Waals surface area (Å²) in [6.07, 6.45) is 4.18. The third-order valence-electron chi connectivity index (χ3n) is 3.35. The van der Waals surface area contributed by atoms with Crippen LogP contribution in [-0.4, -0.2) is 17.8 Å². The van der Waals surface area contributed by atoms with Crippen molar-refractivity contribution in [2.24, 2.45) is 5.92 Å². The monoisotopic (exact) mass is 264 g/mol. The quantitative estimate of drug-likeness (QED) is 0.754. The van der Waals surface area contributed by atoms with Crippen LogP contribution in [0.2, 0.25) is 0 Å². The first kappa shape index (κ1) is 13.5. The fourth-order valence-electron chi connectivity index (χ4n) is 2.50. The van der Waals surface area contributed by atoms with Gasteiger partial charge in [0.25, 0.3) is 0 Å². The highest BCUT2D eigenvalue weighted by atomic mass is 32.2. The number of rotatable bonds is 5. The fraction of sp³-hybridized carbons (Fsp3) is 0.533. The van der Waals surface area contributed by atoms with Crippen LogP contribution in [0.3, 0.4) is 0 Å². The van der Waals surface area contributed by atoms with E-state index in [1.165, 1.54) is 17.7 Å². The molecule has 0 aromatic heterocycles. The van der Waals surface area contributed by atoms with Crippen LogP contribution in [0.15, 0.2) is 35.2 Å². The molecule has 2 rings (SSSR count). The molecule has 0 spiro atoms. The maximum absolute atomic E-state index is 11.6. The van der Waals surface area contributed by atoms with E-state index in [1.54, 1.807) is 0 Å². The van der Waals surface area contributed by atoms with Gasteiger partial charge in [-0.05, 0) is 37.8 Å². The van der Waals surface area contributed by atoms with E-state index >= 15 is 0 Å². The lowest BCUT2D eigenvalue weighted by atomic mass is 10.0. The lowest BCUT2D eigenvalue weighted by Gasteiger charge is -2.18. The van der Waals surface area contributed by atoms with Gasteiger partial charge in [-0.15, -0.1) is 11.8 Å². The topological polar surface area (TPSA) is 26.3 Å². The number of carbonyl (C=O) groups is 1. The minimum absolute atomic E-state index is 0.0388. The van der Waals surface area contributed by atoms with Crippen molar-refractivity contribution in [3.8, 4) is 0 Å². The zero-order chi connectivity index (χ0) is 12.8. The van der Waals surface area contributed by atoms with Crippen molar-refractivity contribution >= 4 is 17.7 Å². The predicted octanol–water partition coefficient (Wildman–Crippen LogP) is 3.90. The summed E-state index contributed by atoms with van der Waals surface area (Å²) in [7, 11) is 0. The van der Waals surface area contributed by atoms with E-state index in [0.29, 0.717) is 24.2 Å². The van der Waals surface area contributed by atoms with Gasteiger partial charge < -0.3 is 4.74 Å². The number of carbonyl (C=O) groups excluding carboxylic acids is 1. The van der Waals surface area contributed by atoms with E-state index in [0.717, 1.165) is 6.42 Å². The Labute approximate surface area is 113 Å². The molecule has 1 saturated carbocycles. The molecule has 0 amide bonds. The number of hydrogen-bond acceptors (Lipinski definition) is 3. The molecule has 1 fully saturated rings. The summed E-state index contributed by atoms with van der Waals surface area (Å²) in [6.45, 7) is 2.35. The van der Waals surface area contributed by atoms with Crippen molar-refractivity contribution in [1.82, 2.24) is 0 Å². The average molecular weight is 264 g/mol. The second-order valence-corrected chi connectivity index (χ2v) is 5.98. The molecular formula is C15H20O2S. The van der Waals surface area contributed by atoms with Crippen LogP contribution in [0.1, 0.15) is 32.6 Å². The second kappa shape index (κ2) is 6.83. The SMILES string of the molecule is CCOC(=O)C[C@H]1CCC[C@H]1Sc1ccccc1. The molecule has 0 bridgehead atoms. The number of hydrogen-bond donors (Lipinski definition) is 0. The van der Waals surface area contributed by atoms with Gasteiger partial charge in [0.1, 0.15) is 0 Å². The molecule has 1 aromatic carbocycles. The number of benzene rings is 1. The summed E-state index contributed by atoms with van der Waals surface area (Å²) in [5.41, 5.74) is 0. The third kappa shape index (κ3) is 3.77. The van der Waals surface area contributed by atoms with Gasteiger partial charge in [-0.3, -0.25) is 4.79 Å². The van der Waals surface area contributed by atoms with E-state index < -0.39 is 0 Å². The molecule has 0 saturated heterocycles. The molecule has 0 heterocycles. The molecule has 98 valence electrons. The highest BCUT2D eigenvalue weighted by Gasteiger charge is 2.30. The third-order valence-corrected chi connectivity index (χ3v) is 4.82. The number of esters is 1. The first-order chi connectivity index (χ1) is 8.79. The maximum atomic E-state index is 11.6. The van der Waals surface area contributed by atoms with Crippen molar-refractivity contribution in [3.05, 3.63) is 30.3 Å². The Morgan fingerprint density at radius 2 is 2.11 bits per heavy atom. The van der Waals surface area contributed by atoms with E-state index in [-0.39, 0.29) is 5.97 Å². The van der Waals surface area contributed by atoms with Crippen molar-refractivity contribution in [2.45, 2.75) is 42.8 Å². The molecule has 2 atom stereocenters. The number of ether oxygens (including phenoxy) is 1. The molecular weight excluding hydrogens is 244 g/mol. The maximum Gasteiger partial charge on any atom is 0.306 e. The fourth-order valence-corrected chi connectivity index (χ4v) is 3.87. The van der Waals surface area contributed by atoms with Gasteiger partial charge in [0.15, 0.2) is 0 Å². The molecule has 0 radical (unpaired) electrons. The Bertz CT molecular complexity index is 377. The van der Waals surface area contributed by atoms with Crippen LogP contribution in [0.25, 0.3) is 0 Å². The average Bonchev–Trinajstić information content (AvgIpc) is 2.78. The van der Waals surface area contributed by atoms with Crippen molar-refractivity contribution in [3.63, 3.8) is 0 Å². The minimum Gasteiger partial charge on any atom is -0.466 e. The zero-order valence-electron chi connectivity index (χ0n) is 10.8. The summed E-state index contributed by atoms with van der Waals surface area (Å²) in [6, 6.07) is 10.5. The van der Waals surface area contributed by atoms with E-state index in [4.69, 9.17) is 4.74 Å². The first-order valence-electron chi connectivity index (χ1n) is 6.67. The van der Waals surface area contributed by atoms with Gasteiger partial charge in [-0.25, -0.2) is 0 Å². The molecule has 0 aliphatic heterocycles. The Balaban J connectivity index is 1.89. The molecule has 1 aliphatic rings. The summed E-state index contributed by atoms with van der Waals surface area (Å²) in [4.78, 5) is 12.9. The highest BCUT2D eigenvalue weighted by molar-refractivity contribution is 8.00. The van der Waals surface area contributed by atoms with Crippen LogP contribution in [0, 0.1) is 5.92 Å². The molecule has 0 unspecified atom stereocenters. The predicted molar refractivity (Wildman–Crippen MR) is 74.7 cm³/mol. The van der Waals surface area contributed by atoms with Gasteiger partial charge >= 0.3 is 5.97 Å². The zero-order valence-corrected chi connectivity index (χ0v) is 11.6. The lowest BCUT2D eigenvalue weighted by Crippen LogP contribution is -2.16. The molecule has 1 aliphatic carbocycles. The van der Waals surface area contributed by atoms with Crippen LogP contribution in [0.5, 0.6) is 0 Å². The van der Waals surface area contributed by atoms with Gasteiger partial charge in [-0.2, -0.15) is 0 Å². The molecule has 2 nitrogen and oxygen atoms in total. The summed E-state index contributed by atoms with van der Waals surface area (Å²) >= 11 is 1.91. The Hall–Kier alpha value is -0.960. The van der Waals surface area contributed by atoms with E-state index in [2.05, 4.69) is 24.3 Å². The van der Waals surface area contributed by atoms with Crippen molar-refractivity contribution < 1.29 is 9.53 Å². The van der Waals surface area contributed by atoms with Gasteiger partial charge in [0.05, 0.1) is 6.61 Å². The van der Waals surface area contributed by atoms with E-state index in [1.807, 2.05) is 24.8 Å². The van der Waals surface area contributed by atoms with Crippen molar-refractivity contribution in [2.75, 3.05) is 6.61 Å². The summed E-state index contributed by atoms with van der Waals surface area (Å²) in [5.74, 6) is 0.442. The number of thioether (sulfide) groups is 1. The lowest BCUT2D eigenvalue weighted by molar-refractivity contribution is -0.144. The molecule has 0 N–H and O–H groups in total. The Morgan fingerprint density at radius 1 is 1.33 bits per heavy atom. The van der Waals surface area contributed by atoms with Crippen LogP contribution >= 0.6 is 11.8 Å². The molecule has 3 heteroatoms. The minimum atomic E-state index is -0.0388. The first-order valence-corrected chi connectivity index (χ1v) is 7.55. The summed E-state index contributed by atoms with van der Waals surface area (Å²) in [5, 5.41) is 0.566. The van der Waals surface area contributed by atoms with Gasteiger partial charge in [-0.1, -0.05) is 24.6 Å².